The molecule has 0 aromatic carbocycles. The third-order valence-electron chi connectivity index (χ3n) is 3.36. The van der Waals surface area contributed by atoms with Crippen molar-refractivity contribution in [3.63, 3.8) is 0 Å². The summed E-state index contributed by atoms with van der Waals surface area (Å²) >= 11 is 7.02. The Morgan fingerprint density at radius 2 is 2.28 bits per heavy atom. The predicted octanol–water partition coefficient (Wildman–Crippen LogP) is 2.72. The highest BCUT2D eigenvalue weighted by molar-refractivity contribution is 7.99. The molecule has 2 unspecified atom stereocenters. The number of nitrogens with one attached hydrogen (secondary N) is 1. The summed E-state index contributed by atoms with van der Waals surface area (Å²) < 4.78 is 0. The quantitative estimate of drug-likeness (QED) is 0.831. The maximum Gasteiger partial charge on any atom is 0.136 e. The fourth-order valence-electron chi connectivity index (χ4n) is 2.34. The van der Waals surface area contributed by atoms with E-state index in [4.69, 9.17) is 18.0 Å². The zero-order chi connectivity index (χ0) is 13.1. The van der Waals surface area contributed by atoms with Crippen molar-refractivity contribution in [2.45, 2.75) is 37.5 Å². The molecule has 0 aliphatic heterocycles. The van der Waals surface area contributed by atoms with Crippen LogP contribution in [0.15, 0.2) is 12.1 Å². The van der Waals surface area contributed by atoms with E-state index in [1.165, 1.54) is 19.3 Å². The van der Waals surface area contributed by atoms with Crippen LogP contribution < -0.4 is 11.1 Å². The fraction of sp³-hybridized carbons (Fsp3) is 0.538. The van der Waals surface area contributed by atoms with Crippen molar-refractivity contribution in [2.75, 3.05) is 11.6 Å². The maximum absolute atomic E-state index is 5.74. The van der Waals surface area contributed by atoms with E-state index in [2.05, 4.69) is 16.6 Å². The molecule has 3 nitrogen and oxygen atoms in total. The van der Waals surface area contributed by atoms with Crippen molar-refractivity contribution >= 4 is 34.8 Å². The van der Waals surface area contributed by atoms with Crippen LogP contribution in [-0.4, -0.2) is 27.5 Å². The van der Waals surface area contributed by atoms with Crippen molar-refractivity contribution in [2.24, 2.45) is 5.73 Å². The van der Waals surface area contributed by atoms with E-state index < -0.39 is 0 Å². The minimum Gasteiger partial charge on any atom is -0.389 e. The molecule has 98 valence electrons. The normalized spacial score (nSPS) is 23.0. The van der Waals surface area contributed by atoms with Crippen molar-refractivity contribution in [3.05, 3.63) is 23.4 Å². The minimum atomic E-state index is 0.407. The lowest BCUT2D eigenvalue weighted by Crippen LogP contribution is -2.21. The first-order valence-electron chi connectivity index (χ1n) is 6.17. The highest BCUT2D eigenvalue weighted by Gasteiger charge is 2.24. The van der Waals surface area contributed by atoms with Gasteiger partial charge in [0.15, 0.2) is 0 Å². The highest BCUT2D eigenvalue weighted by atomic mass is 32.2. The van der Waals surface area contributed by atoms with Crippen LogP contribution in [0.2, 0.25) is 0 Å². The fourth-order valence-corrected chi connectivity index (χ4v) is 3.31. The number of rotatable bonds is 4. The molecular formula is C13H19N3S2. The molecule has 0 spiro atoms. The third-order valence-corrected chi connectivity index (χ3v) is 4.67. The number of hydrogen-bond donors (Lipinski definition) is 2. The molecule has 1 aliphatic rings. The molecule has 5 heteroatoms. The first-order chi connectivity index (χ1) is 8.60. The number of hydrogen-bond acceptors (Lipinski definition) is 4. The molecule has 18 heavy (non-hydrogen) atoms. The molecule has 1 fully saturated rings. The summed E-state index contributed by atoms with van der Waals surface area (Å²) in [6, 6.07) is 4.39. The Hall–Kier alpha value is -0.810. The maximum atomic E-state index is 5.74. The van der Waals surface area contributed by atoms with Crippen LogP contribution in [0.5, 0.6) is 0 Å². The SMILES string of the molecule is CSC1CCC(Nc2nc(C)ccc2C(N)=S)C1. The molecule has 1 aromatic heterocycles. The van der Waals surface area contributed by atoms with Crippen LogP contribution >= 0.6 is 24.0 Å². The van der Waals surface area contributed by atoms with Crippen LogP contribution in [0.25, 0.3) is 0 Å². The van der Waals surface area contributed by atoms with Crippen molar-refractivity contribution in [3.8, 4) is 0 Å². The second kappa shape index (κ2) is 5.89. The smallest absolute Gasteiger partial charge is 0.136 e. The van der Waals surface area contributed by atoms with Crippen LogP contribution in [0.1, 0.15) is 30.5 Å². The van der Waals surface area contributed by atoms with Gasteiger partial charge in [0.25, 0.3) is 0 Å². The molecule has 0 saturated heterocycles. The highest BCUT2D eigenvalue weighted by Crippen LogP contribution is 2.30. The Labute approximate surface area is 118 Å². The molecule has 2 rings (SSSR count). The standard InChI is InChI=1S/C13H19N3S2/c1-8-3-6-11(12(14)17)13(15-8)16-9-4-5-10(7-9)18-2/h3,6,9-10H,4-5,7H2,1-2H3,(H2,14,17)(H,15,16). The van der Waals surface area contributed by atoms with Crippen LogP contribution in [0.4, 0.5) is 5.82 Å². The average Bonchev–Trinajstić information content (AvgIpc) is 2.76. The zero-order valence-corrected chi connectivity index (χ0v) is 12.4. The van der Waals surface area contributed by atoms with Gasteiger partial charge in [0, 0.05) is 17.0 Å². The summed E-state index contributed by atoms with van der Waals surface area (Å²) in [5.41, 5.74) is 7.57. The largest absolute Gasteiger partial charge is 0.389 e. The van der Waals surface area contributed by atoms with Gasteiger partial charge in [0.1, 0.15) is 10.8 Å². The van der Waals surface area contributed by atoms with Gasteiger partial charge in [-0.25, -0.2) is 4.98 Å². The number of nitrogens with two attached hydrogens (primary N) is 1. The first-order valence-corrected chi connectivity index (χ1v) is 7.86. The van der Waals surface area contributed by atoms with E-state index >= 15 is 0 Å². The molecule has 1 aromatic rings. The Bertz CT molecular complexity index is 448. The molecule has 0 bridgehead atoms. The van der Waals surface area contributed by atoms with Gasteiger partial charge in [0.2, 0.25) is 0 Å². The molecule has 1 saturated carbocycles. The Balaban J connectivity index is 2.13. The van der Waals surface area contributed by atoms with E-state index in [1.54, 1.807) is 0 Å². The van der Waals surface area contributed by atoms with Gasteiger partial charge < -0.3 is 11.1 Å². The minimum absolute atomic E-state index is 0.407. The Kier molecular flexibility index (Phi) is 4.45. The number of aromatic nitrogens is 1. The zero-order valence-electron chi connectivity index (χ0n) is 10.8. The summed E-state index contributed by atoms with van der Waals surface area (Å²) in [5.74, 6) is 0.842. The van der Waals surface area contributed by atoms with Gasteiger partial charge >= 0.3 is 0 Å². The average molecular weight is 281 g/mol. The van der Waals surface area contributed by atoms with E-state index in [9.17, 15) is 0 Å². The molecular weight excluding hydrogens is 262 g/mol. The molecule has 0 radical (unpaired) electrons. The van der Waals surface area contributed by atoms with E-state index in [-0.39, 0.29) is 0 Å². The van der Waals surface area contributed by atoms with Gasteiger partial charge in [-0.15, -0.1) is 0 Å². The van der Waals surface area contributed by atoms with Crippen molar-refractivity contribution in [1.29, 1.82) is 0 Å². The summed E-state index contributed by atoms with van der Waals surface area (Å²) in [6.07, 6.45) is 5.83. The second-order valence-corrected chi connectivity index (χ2v) is 6.30. The monoisotopic (exact) mass is 281 g/mol. The number of pyridine rings is 1. The number of nitrogens with zero attached hydrogens (tertiary/aromatic N) is 1. The van der Waals surface area contributed by atoms with E-state index in [0.717, 1.165) is 22.3 Å². The Morgan fingerprint density at radius 1 is 1.50 bits per heavy atom. The van der Waals surface area contributed by atoms with Gasteiger partial charge in [-0.2, -0.15) is 11.8 Å². The van der Waals surface area contributed by atoms with Crippen LogP contribution in [-0.2, 0) is 0 Å². The number of thiocarbonyl (C=S) groups is 1. The van der Waals surface area contributed by atoms with E-state index in [0.29, 0.717) is 11.0 Å². The summed E-state index contributed by atoms with van der Waals surface area (Å²) in [4.78, 5) is 4.93. The topological polar surface area (TPSA) is 50.9 Å². The van der Waals surface area contributed by atoms with Gasteiger partial charge in [-0.3, -0.25) is 0 Å². The number of thioether (sulfide) groups is 1. The summed E-state index contributed by atoms with van der Waals surface area (Å²) in [7, 11) is 0. The van der Waals surface area contributed by atoms with Gasteiger partial charge in [0.05, 0.1) is 5.56 Å². The Morgan fingerprint density at radius 3 is 2.89 bits per heavy atom. The molecule has 0 amide bonds. The number of anilines is 1. The number of aryl methyl sites for hydroxylation is 1. The molecule has 1 aliphatic carbocycles. The predicted molar refractivity (Wildman–Crippen MR) is 83.4 cm³/mol. The lowest BCUT2D eigenvalue weighted by atomic mass is 10.2. The van der Waals surface area contributed by atoms with E-state index in [1.807, 2.05) is 30.8 Å². The third kappa shape index (κ3) is 3.14. The van der Waals surface area contributed by atoms with Crippen LogP contribution in [0.3, 0.4) is 0 Å². The van der Waals surface area contributed by atoms with Crippen molar-refractivity contribution in [1.82, 2.24) is 4.98 Å². The first kappa shape index (κ1) is 13.6. The van der Waals surface area contributed by atoms with Gasteiger partial charge in [-0.1, -0.05) is 12.2 Å². The van der Waals surface area contributed by atoms with Gasteiger partial charge in [-0.05, 0) is 44.6 Å². The summed E-state index contributed by atoms with van der Waals surface area (Å²) in [6.45, 7) is 1.98. The van der Waals surface area contributed by atoms with Crippen LogP contribution in [0, 0.1) is 6.92 Å². The lowest BCUT2D eigenvalue weighted by molar-refractivity contribution is 0.751. The molecule has 2 atom stereocenters. The molecule has 3 N–H and O–H groups in total. The lowest BCUT2D eigenvalue weighted by Gasteiger charge is -2.16. The second-order valence-electron chi connectivity index (χ2n) is 4.73. The van der Waals surface area contributed by atoms with Crippen molar-refractivity contribution < 1.29 is 0 Å². The summed E-state index contributed by atoms with van der Waals surface area (Å²) in [5, 5.41) is 4.27. The molecule has 1 heterocycles.